The SMILES string of the molecule is c1cc(Cn2cccc2)c2n[nH]nc2c1. The molecule has 0 aliphatic carbocycles. The van der Waals surface area contributed by atoms with E-state index in [1.807, 2.05) is 36.7 Å². The van der Waals surface area contributed by atoms with Gasteiger partial charge in [0, 0.05) is 24.5 Å². The van der Waals surface area contributed by atoms with E-state index in [0.29, 0.717) is 0 Å². The highest BCUT2D eigenvalue weighted by Gasteiger charge is 2.03. The minimum Gasteiger partial charge on any atom is -0.350 e. The Morgan fingerprint density at radius 3 is 2.80 bits per heavy atom. The number of nitrogens with zero attached hydrogens (tertiary/aromatic N) is 3. The number of para-hydroxylation sites is 1. The third-order valence-corrected chi connectivity index (χ3v) is 2.45. The second-order valence-electron chi connectivity index (χ2n) is 3.46. The molecule has 0 fully saturated rings. The van der Waals surface area contributed by atoms with Gasteiger partial charge in [-0.1, -0.05) is 12.1 Å². The topological polar surface area (TPSA) is 46.5 Å². The maximum Gasteiger partial charge on any atom is 0.117 e. The molecule has 0 bridgehead atoms. The van der Waals surface area contributed by atoms with E-state index in [1.165, 1.54) is 5.56 Å². The fourth-order valence-corrected chi connectivity index (χ4v) is 1.73. The molecule has 0 radical (unpaired) electrons. The summed E-state index contributed by atoms with van der Waals surface area (Å²) in [6, 6.07) is 10.1. The fraction of sp³-hybridized carbons (Fsp3) is 0.0909. The third kappa shape index (κ3) is 1.40. The number of nitrogens with one attached hydrogen (secondary N) is 1. The predicted molar refractivity (Wildman–Crippen MR) is 57.4 cm³/mol. The van der Waals surface area contributed by atoms with Crippen LogP contribution in [-0.2, 0) is 6.54 Å². The van der Waals surface area contributed by atoms with Gasteiger partial charge in [-0.2, -0.15) is 15.4 Å². The summed E-state index contributed by atoms with van der Waals surface area (Å²) in [7, 11) is 0. The summed E-state index contributed by atoms with van der Waals surface area (Å²) >= 11 is 0. The van der Waals surface area contributed by atoms with Crippen LogP contribution in [0.3, 0.4) is 0 Å². The van der Waals surface area contributed by atoms with Crippen molar-refractivity contribution in [2.45, 2.75) is 6.54 Å². The zero-order valence-electron chi connectivity index (χ0n) is 8.09. The number of benzene rings is 1. The van der Waals surface area contributed by atoms with Gasteiger partial charge in [-0.05, 0) is 18.2 Å². The van der Waals surface area contributed by atoms with Crippen molar-refractivity contribution in [1.82, 2.24) is 20.0 Å². The first-order valence-electron chi connectivity index (χ1n) is 4.82. The second kappa shape index (κ2) is 3.24. The standard InChI is InChI=1S/C11H10N4/c1-2-7-15(6-1)8-9-4-3-5-10-11(9)13-14-12-10/h1-7H,8H2,(H,12,13,14). The van der Waals surface area contributed by atoms with Gasteiger partial charge in [0.15, 0.2) is 0 Å². The molecular weight excluding hydrogens is 188 g/mol. The first-order chi connectivity index (χ1) is 7.43. The van der Waals surface area contributed by atoms with Crippen molar-refractivity contribution in [1.29, 1.82) is 0 Å². The summed E-state index contributed by atoms with van der Waals surface area (Å²) in [4.78, 5) is 0. The lowest BCUT2D eigenvalue weighted by atomic mass is 10.2. The molecule has 0 saturated carbocycles. The predicted octanol–water partition coefficient (Wildman–Crippen LogP) is 1.81. The number of aromatic amines is 1. The Labute approximate surface area is 86.5 Å². The van der Waals surface area contributed by atoms with Crippen LogP contribution in [0.1, 0.15) is 5.56 Å². The van der Waals surface area contributed by atoms with E-state index in [4.69, 9.17) is 0 Å². The second-order valence-corrected chi connectivity index (χ2v) is 3.46. The molecule has 2 aromatic heterocycles. The molecule has 1 N–H and O–H groups in total. The Morgan fingerprint density at radius 1 is 1.07 bits per heavy atom. The van der Waals surface area contributed by atoms with Crippen LogP contribution in [-0.4, -0.2) is 20.0 Å². The average Bonchev–Trinajstić information content (AvgIpc) is 2.87. The molecule has 0 aliphatic heterocycles. The molecule has 3 rings (SSSR count). The Morgan fingerprint density at radius 2 is 1.93 bits per heavy atom. The molecule has 4 nitrogen and oxygen atoms in total. The lowest BCUT2D eigenvalue weighted by Crippen LogP contribution is -1.96. The van der Waals surface area contributed by atoms with E-state index in [1.54, 1.807) is 0 Å². The van der Waals surface area contributed by atoms with Crippen molar-refractivity contribution in [3.05, 3.63) is 48.3 Å². The Hall–Kier alpha value is -2.10. The van der Waals surface area contributed by atoms with E-state index in [2.05, 4.69) is 26.0 Å². The summed E-state index contributed by atoms with van der Waals surface area (Å²) in [5, 5.41) is 10.9. The molecule has 0 aliphatic rings. The minimum absolute atomic E-state index is 0.830. The molecule has 0 unspecified atom stereocenters. The number of hydrogen-bond donors (Lipinski definition) is 1. The van der Waals surface area contributed by atoms with Gasteiger partial charge in [0.25, 0.3) is 0 Å². The zero-order chi connectivity index (χ0) is 10.1. The number of H-pyrrole nitrogens is 1. The van der Waals surface area contributed by atoms with E-state index in [-0.39, 0.29) is 0 Å². The van der Waals surface area contributed by atoms with Gasteiger partial charge in [0.2, 0.25) is 0 Å². The van der Waals surface area contributed by atoms with E-state index in [0.717, 1.165) is 17.6 Å². The Balaban J connectivity index is 2.07. The molecule has 0 atom stereocenters. The molecular formula is C11H10N4. The third-order valence-electron chi connectivity index (χ3n) is 2.45. The summed E-state index contributed by atoms with van der Waals surface area (Å²) in [6.45, 7) is 0.830. The van der Waals surface area contributed by atoms with Crippen LogP contribution in [0.15, 0.2) is 42.7 Å². The quantitative estimate of drug-likeness (QED) is 0.682. The minimum atomic E-state index is 0.830. The Bertz CT molecular complexity index is 565. The van der Waals surface area contributed by atoms with Gasteiger partial charge < -0.3 is 4.57 Å². The van der Waals surface area contributed by atoms with Crippen LogP contribution in [0.5, 0.6) is 0 Å². The van der Waals surface area contributed by atoms with Crippen molar-refractivity contribution in [3.8, 4) is 0 Å². The number of hydrogen-bond acceptors (Lipinski definition) is 2. The maximum absolute atomic E-state index is 4.15. The molecule has 1 aromatic carbocycles. The highest BCUT2D eigenvalue weighted by molar-refractivity contribution is 5.77. The van der Waals surface area contributed by atoms with Crippen molar-refractivity contribution in [2.24, 2.45) is 0 Å². The largest absolute Gasteiger partial charge is 0.350 e. The van der Waals surface area contributed by atoms with Gasteiger partial charge in [-0.3, -0.25) is 0 Å². The van der Waals surface area contributed by atoms with Gasteiger partial charge in [0.1, 0.15) is 11.0 Å². The number of fused-ring (bicyclic) bond motifs is 1. The summed E-state index contributed by atoms with van der Waals surface area (Å²) < 4.78 is 2.11. The van der Waals surface area contributed by atoms with Crippen LogP contribution < -0.4 is 0 Å². The Kier molecular flexibility index (Phi) is 1.78. The van der Waals surface area contributed by atoms with Crippen LogP contribution in [0, 0.1) is 0 Å². The van der Waals surface area contributed by atoms with Gasteiger partial charge in [0.05, 0.1) is 0 Å². The number of aromatic nitrogens is 4. The molecule has 15 heavy (non-hydrogen) atoms. The fourth-order valence-electron chi connectivity index (χ4n) is 1.73. The van der Waals surface area contributed by atoms with E-state index >= 15 is 0 Å². The molecule has 0 saturated heterocycles. The van der Waals surface area contributed by atoms with Gasteiger partial charge in [-0.15, -0.1) is 0 Å². The molecule has 74 valence electrons. The highest BCUT2D eigenvalue weighted by atomic mass is 15.3. The summed E-state index contributed by atoms with van der Waals surface area (Å²) in [5.74, 6) is 0. The first kappa shape index (κ1) is 8.23. The van der Waals surface area contributed by atoms with Crippen molar-refractivity contribution in [3.63, 3.8) is 0 Å². The average molecular weight is 198 g/mol. The smallest absolute Gasteiger partial charge is 0.117 e. The lowest BCUT2D eigenvalue weighted by molar-refractivity contribution is 0.809. The van der Waals surface area contributed by atoms with Crippen LogP contribution in [0.25, 0.3) is 11.0 Å². The van der Waals surface area contributed by atoms with E-state index in [9.17, 15) is 0 Å². The van der Waals surface area contributed by atoms with E-state index < -0.39 is 0 Å². The van der Waals surface area contributed by atoms with Crippen LogP contribution in [0.2, 0.25) is 0 Å². The van der Waals surface area contributed by atoms with Crippen LogP contribution >= 0.6 is 0 Å². The number of rotatable bonds is 2. The summed E-state index contributed by atoms with van der Waals surface area (Å²) in [6.07, 6.45) is 4.08. The summed E-state index contributed by atoms with van der Waals surface area (Å²) in [5.41, 5.74) is 3.04. The van der Waals surface area contributed by atoms with Crippen molar-refractivity contribution < 1.29 is 0 Å². The normalized spacial score (nSPS) is 10.9. The lowest BCUT2D eigenvalue weighted by Gasteiger charge is -2.02. The van der Waals surface area contributed by atoms with Crippen molar-refractivity contribution >= 4 is 11.0 Å². The first-order valence-corrected chi connectivity index (χ1v) is 4.82. The highest BCUT2D eigenvalue weighted by Crippen LogP contribution is 2.14. The molecule has 2 heterocycles. The molecule has 0 spiro atoms. The van der Waals surface area contributed by atoms with Crippen LogP contribution in [0.4, 0.5) is 0 Å². The maximum atomic E-state index is 4.15. The monoisotopic (exact) mass is 198 g/mol. The zero-order valence-corrected chi connectivity index (χ0v) is 8.09. The molecule has 4 heteroatoms. The van der Waals surface area contributed by atoms with Crippen molar-refractivity contribution in [2.75, 3.05) is 0 Å². The molecule has 0 amide bonds. The van der Waals surface area contributed by atoms with Gasteiger partial charge in [-0.25, -0.2) is 0 Å². The van der Waals surface area contributed by atoms with Gasteiger partial charge >= 0.3 is 0 Å². The molecule has 3 aromatic rings.